The van der Waals surface area contributed by atoms with Crippen LogP contribution in [0.25, 0.3) is 0 Å². The molecule has 0 atom stereocenters. The zero-order valence-electron chi connectivity index (χ0n) is 11.1. The van der Waals surface area contributed by atoms with Gasteiger partial charge in [0.1, 0.15) is 0 Å². The number of carboxylic acids is 1. The fourth-order valence-electron chi connectivity index (χ4n) is 1.63. The molecule has 0 aliphatic rings. The van der Waals surface area contributed by atoms with Crippen LogP contribution in [-0.4, -0.2) is 53.9 Å². The van der Waals surface area contributed by atoms with E-state index >= 15 is 0 Å². The van der Waals surface area contributed by atoms with E-state index in [-0.39, 0.29) is 31.3 Å². The van der Waals surface area contributed by atoms with E-state index in [1.807, 2.05) is 0 Å². The van der Waals surface area contributed by atoms with Crippen LogP contribution >= 0.6 is 0 Å². The summed E-state index contributed by atoms with van der Waals surface area (Å²) in [6.07, 6.45) is 5.16. The first-order valence-corrected chi connectivity index (χ1v) is 5.91. The molecule has 6 nitrogen and oxygen atoms in total. The van der Waals surface area contributed by atoms with Crippen molar-refractivity contribution in [3.05, 3.63) is 29.8 Å². The molecule has 2 amide bonds. The topological polar surface area (TPSA) is 81.1 Å². The summed E-state index contributed by atoms with van der Waals surface area (Å²) in [6.45, 7) is 0.0322. The maximum atomic E-state index is 12.2. The SMILES string of the molecule is C#CCN(C)C(=O)N(CCO)c1ccc(C(=O)O)cc1. The van der Waals surface area contributed by atoms with E-state index < -0.39 is 5.97 Å². The third kappa shape index (κ3) is 3.73. The summed E-state index contributed by atoms with van der Waals surface area (Å²) in [6, 6.07) is 5.47. The summed E-state index contributed by atoms with van der Waals surface area (Å²) in [7, 11) is 1.55. The largest absolute Gasteiger partial charge is 0.478 e. The predicted molar refractivity (Wildman–Crippen MR) is 74.7 cm³/mol. The van der Waals surface area contributed by atoms with Crippen molar-refractivity contribution in [2.24, 2.45) is 0 Å². The molecular formula is C14H16N2O4. The molecular weight excluding hydrogens is 260 g/mol. The van der Waals surface area contributed by atoms with Crippen LogP contribution in [0.3, 0.4) is 0 Å². The minimum atomic E-state index is -1.04. The predicted octanol–water partition coefficient (Wildman–Crippen LogP) is 0.869. The Morgan fingerprint density at radius 3 is 2.35 bits per heavy atom. The third-order valence-electron chi connectivity index (χ3n) is 2.64. The number of nitrogens with zero attached hydrogens (tertiary/aromatic N) is 2. The summed E-state index contributed by atoms with van der Waals surface area (Å²) in [5, 5.41) is 17.9. The number of aromatic carboxylic acids is 1. The Morgan fingerprint density at radius 2 is 1.90 bits per heavy atom. The zero-order chi connectivity index (χ0) is 15.1. The fourth-order valence-corrected chi connectivity index (χ4v) is 1.63. The monoisotopic (exact) mass is 276 g/mol. The van der Waals surface area contributed by atoms with Crippen LogP contribution in [0, 0.1) is 12.3 Å². The molecule has 6 heteroatoms. The van der Waals surface area contributed by atoms with E-state index in [4.69, 9.17) is 16.6 Å². The molecule has 20 heavy (non-hydrogen) atoms. The molecule has 0 unspecified atom stereocenters. The van der Waals surface area contributed by atoms with E-state index in [0.29, 0.717) is 5.69 Å². The molecule has 0 aromatic heterocycles. The molecule has 0 aliphatic carbocycles. The van der Waals surface area contributed by atoms with Crippen molar-refractivity contribution in [3.8, 4) is 12.3 Å². The first kappa shape index (κ1) is 15.5. The van der Waals surface area contributed by atoms with Crippen molar-refractivity contribution in [3.63, 3.8) is 0 Å². The Balaban J connectivity index is 2.98. The molecule has 0 saturated carbocycles. The molecule has 106 valence electrons. The van der Waals surface area contributed by atoms with Gasteiger partial charge < -0.3 is 15.1 Å². The molecule has 0 bridgehead atoms. The highest BCUT2D eigenvalue weighted by atomic mass is 16.4. The van der Waals surface area contributed by atoms with Gasteiger partial charge in [0.2, 0.25) is 0 Å². The number of hydrogen-bond acceptors (Lipinski definition) is 3. The number of aliphatic hydroxyl groups is 1. The van der Waals surface area contributed by atoms with Crippen LogP contribution in [0.1, 0.15) is 10.4 Å². The van der Waals surface area contributed by atoms with Crippen LogP contribution in [0.4, 0.5) is 10.5 Å². The summed E-state index contributed by atoms with van der Waals surface area (Å²) in [5.74, 6) is 1.32. The Bertz CT molecular complexity index is 519. The maximum absolute atomic E-state index is 12.2. The number of anilines is 1. The van der Waals surface area contributed by atoms with Crippen LogP contribution in [0.5, 0.6) is 0 Å². The van der Waals surface area contributed by atoms with E-state index in [1.54, 1.807) is 7.05 Å². The van der Waals surface area contributed by atoms with Crippen LogP contribution < -0.4 is 4.90 Å². The highest BCUT2D eigenvalue weighted by Crippen LogP contribution is 2.16. The molecule has 0 heterocycles. The Hall–Kier alpha value is -2.52. The number of carboxylic acid groups (broad SMARTS) is 1. The lowest BCUT2D eigenvalue weighted by molar-refractivity contribution is 0.0697. The smallest absolute Gasteiger partial charge is 0.335 e. The van der Waals surface area contributed by atoms with E-state index in [1.165, 1.54) is 34.1 Å². The Kier molecular flexibility index (Phi) is 5.56. The van der Waals surface area contributed by atoms with Gasteiger partial charge in [-0.1, -0.05) is 5.92 Å². The Morgan fingerprint density at radius 1 is 1.30 bits per heavy atom. The lowest BCUT2D eigenvalue weighted by atomic mass is 10.2. The summed E-state index contributed by atoms with van der Waals surface area (Å²) in [5.41, 5.74) is 0.625. The lowest BCUT2D eigenvalue weighted by Gasteiger charge is -2.26. The second-order valence-corrected chi connectivity index (χ2v) is 4.07. The maximum Gasteiger partial charge on any atom is 0.335 e. The molecule has 0 radical (unpaired) electrons. The number of carbonyl (C=O) groups excluding carboxylic acids is 1. The van der Waals surface area contributed by atoms with Crippen LogP contribution in [0.15, 0.2) is 24.3 Å². The molecule has 0 fully saturated rings. The van der Waals surface area contributed by atoms with Gasteiger partial charge in [-0.2, -0.15) is 0 Å². The average molecular weight is 276 g/mol. The molecule has 1 aromatic carbocycles. The second-order valence-electron chi connectivity index (χ2n) is 4.07. The van der Waals surface area contributed by atoms with Gasteiger partial charge in [0.15, 0.2) is 0 Å². The summed E-state index contributed by atoms with van der Waals surface area (Å²) >= 11 is 0. The number of hydrogen-bond donors (Lipinski definition) is 2. The average Bonchev–Trinajstić information content (AvgIpc) is 2.44. The molecule has 0 saturated heterocycles. The standard InChI is InChI=1S/C14H16N2O4/c1-3-8-15(2)14(20)16(9-10-17)12-6-4-11(5-7-12)13(18)19/h1,4-7,17H,8-10H2,2H3,(H,18,19). The minimum Gasteiger partial charge on any atom is -0.478 e. The third-order valence-corrected chi connectivity index (χ3v) is 2.64. The first-order valence-electron chi connectivity index (χ1n) is 5.91. The van der Waals surface area contributed by atoms with Gasteiger partial charge in [0.05, 0.1) is 25.3 Å². The summed E-state index contributed by atoms with van der Waals surface area (Å²) in [4.78, 5) is 25.6. The molecule has 1 aromatic rings. The number of benzene rings is 1. The van der Waals surface area contributed by atoms with Crippen molar-refractivity contribution < 1.29 is 19.8 Å². The number of urea groups is 1. The van der Waals surface area contributed by atoms with Crippen LogP contribution in [0.2, 0.25) is 0 Å². The van der Waals surface area contributed by atoms with Crippen molar-refractivity contribution >= 4 is 17.7 Å². The van der Waals surface area contributed by atoms with Crippen molar-refractivity contribution in [1.82, 2.24) is 4.90 Å². The van der Waals surface area contributed by atoms with Gasteiger partial charge in [-0.25, -0.2) is 9.59 Å². The molecule has 2 N–H and O–H groups in total. The number of amides is 2. The minimum absolute atomic E-state index is 0.0974. The fraction of sp³-hybridized carbons (Fsp3) is 0.286. The number of terminal acetylenes is 1. The van der Waals surface area contributed by atoms with Crippen molar-refractivity contribution in [1.29, 1.82) is 0 Å². The van der Waals surface area contributed by atoms with Gasteiger partial charge in [0.25, 0.3) is 0 Å². The highest BCUT2D eigenvalue weighted by Gasteiger charge is 2.19. The van der Waals surface area contributed by atoms with Crippen LogP contribution in [-0.2, 0) is 0 Å². The molecule has 0 spiro atoms. The second kappa shape index (κ2) is 7.16. The van der Waals surface area contributed by atoms with Gasteiger partial charge in [-0.15, -0.1) is 6.42 Å². The van der Waals surface area contributed by atoms with Gasteiger partial charge >= 0.3 is 12.0 Å². The van der Waals surface area contributed by atoms with Gasteiger partial charge in [-0.3, -0.25) is 4.90 Å². The number of rotatable bonds is 5. The van der Waals surface area contributed by atoms with E-state index in [0.717, 1.165) is 0 Å². The molecule has 0 aliphatic heterocycles. The highest BCUT2D eigenvalue weighted by molar-refractivity contribution is 5.93. The first-order chi connectivity index (χ1) is 9.51. The normalized spacial score (nSPS) is 9.65. The number of carbonyl (C=O) groups is 2. The number of aliphatic hydroxyl groups excluding tert-OH is 1. The quantitative estimate of drug-likeness (QED) is 0.782. The summed E-state index contributed by atoms with van der Waals surface area (Å²) < 4.78 is 0. The van der Waals surface area contributed by atoms with Crippen molar-refractivity contribution in [2.75, 3.05) is 31.6 Å². The van der Waals surface area contributed by atoms with E-state index in [2.05, 4.69) is 5.92 Å². The van der Waals surface area contributed by atoms with Gasteiger partial charge in [0, 0.05) is 12.7 Å². The van der Waals surface area contributed by atoms with Gasteiger partial charge in [-0.05, 0) is 24.3 Å². The zero-order valence-corrected chi connectivity index (χ0v) is 11.1. The Labute approximate surface area is 117 Å². The van der Waals surface area contributed by atoms with E-state index in [9.17, 15) is 9.59 Å². The molecule has 1 rings (SSSR count). The van der Waals surface area contributed by atoms with Crippen molar-refractivity contribution in [2.45, 2.75) is 0 Å². The lowest BCUT2D eigenvalue weighted by Crippen LogP contribution is -2.43.